The number of amides is 4. The summed E-state index contributed by atoms with van der Waals surface area (Å²) >= 11 is 1.56. The van der Waals surface area contributed by atoms with Crippen molar-refractivity contribution >= 4 is 50.2 Å². The summed E-state index contributed by atoms with van der Waals surface area (Å²) in [6, 6.07) is 14.7. The van der Waals surface area contributed by atoms with Gasteiger partial charge in [-0.15, -0.1) is 0 Å². The quantitative estimate of drug-likeness (QED) is 0.491. The van der Waals surface area contributed by atoms with Gasteiger partial charge in [-0.2, -0.15) is 0 Å². The molecule has 2 aliphatic heterocycles. The van der Waals surface area contributed by atoms with E-state index in [9.17, 15) is 14.4 Å². The highest BCUT2D eigenvalue weighted by molar-refractivity contribution is 7.22. The highest BCUT2D eigenvalue weighted by atomic mass is 32.1. The van der Waals surface area contributed by atoms with E-state index in [0.29, 0.717) is 31.7 Å². The zero-order valence-electron chi connectivity index (χ0n) is 19.5. The van der Waals surface area contributed by atoms with Crippen molar-refractivity contribution in [1.82, 2.24) is 15.2 Å². The number of rotatable bonds is 7. The monoisotopic (exact) mass is 493 g/mol. The Bertz CT molecular complexity index is 1260. The number of anilines is 2. The molecule has 2 fully saturated rings. The number of nitrogens with zero attached hydrogens (tertiary/aromatic N) is 3. The fourth-order valence-corrected chi connectivity index (χ4v) is 5.38. The van der Waals surface area contributed by atoms with Crippen molar-refractivity contribution in [2.75, 3.05) is 43.1 Å². The van der Waals surface area contributed by atoms with Gasteiger partial charge < -0.3 is 20.3 Å². The fourth-order valence-electron chi connectivity index (χ4n) is 4.32. The predicted molar refractivity (Wildman–Crippen MR) is 135 cm³/mol. The van der Waals surface area contributed by atoms with Crippen LogP contribution in [0.5, 0.6) is 0 Å². The first-order valence-corrected chi connectivity index (χ1v) is 12.4. The van der Waals surface area contributed by atoms with E-state index in [4.69, 9.17) is 4.74 Å². The molecule has 2 aliphatic rings. The number of ether oxygens (including phenoxy) is 1. The summed E-state index contributed by atoms with van der Waals surface area (Å²) in [4.78, 5) is 46.1. The van der Waals surface area contributed by atoms with Crippen LogP contribution in [-0.4, -0.2) is 66.1 Å². The number of carbonyl (C=O) groups is 3. The van der Waals surface area contributed by atoms with Gasteiger partial charge >= 0.3 is 6.03 Å². The third-order valence-corrected chi connectivity index (χ3v) is 7.42. The van der Waals surface area contributed by atoms with Gasteiger partial charge in [-0.05, 0) is 43.5 Å². The summed E-state index contributed by atoms with van der Waals surface area (Å²) in [5.41, 5.74) is 1.50. The smallest absolute Gasteiger partial charge is 0.325 e. The Morgan fingerprint density at radius 3 is 2.71 bits per heavy atom. The lowest BCUT2D eigenvalue weighted by atomic mass is 9.93. The van der Waals surface area contributed by atoms with Crippen LogP contribution in [0, 0.1) is 0 Å². The van der Waals surface area contributed by atoms with E-state index in [2.05, 4.69) is 20.5 Å². The average molecular weight is 494 g/mol. The molecule has 10 heteroatoms. The maximum absolute atomic E-state index is 13.0. The number of aromatic nitrogens is 1. The first-order valence-electron chi connectivity index (χ1n) is 11.6. The molecular formula is C25H27N5O4S. The van der Waals surface area contributed by atoms with Gasteiger partial charge in [0, 0.05) is 18.8 Å². The second kappa shape index (κ2) is 9.63. The second-order valence-corrected chi connectivity index (χ2v) is 9.97. The molecule has 3 aromatic rings. The third-order valence-electron chi connectivity index (χ3n) is 6.35. The van der Waals surface area contributed by atoms with Crippen molar-refractivity contribution in [1.29, 1.82) is 0 Å². The van der Waals surface area contributed by atoms with Gasteiger partial charge in [-0.25, -0.2) is 9.78 Å². The van der Waals surface area contributed by atoms with Gasteiger partial charge in [0.2, 0.25) is 5.91 Å². The summed E-state index contributed by atoms with van der Waals surface area (Å²) in [6.45, 7) is 4.35. The molecule has 1 aromatic heterocycles. The molecule has 2 saturated heterocycles. The van der Waals surface area contributed by atoms with Crippen LogP contribution >= 0.6 is 11.3 Å². The lowest BCUT2D eigenvalue weighted by Crippen LogP contribution is -2.45. The summed E-state index contributed by atoms with van der Waals surface area (Å²) in [5, 5.41) is 6.50. The normalized spacial score (nSPS) is 20.4. The van der Waals surface area contributed by atoms with Gasteiger partial charge in [0.25, 0.3) is 5.91 Å². The summed E-state index contributed by atoms with van der Waals surface area (Å²) < 4.78 is 6.36. The summed E-state index contributed by atoms with van der Waals surface area (Å²) in [5.74, 6) is -0.820. The molecule has 0 radical (unpaired) electrons. The summed E-state index contributed by atoms with van der Waals surface area (Å²) in [7, 11) is 0. The van der Waals surface area contributed by atoms with Gasteiger partial charge in [0.15, 0.2) is 5.13 Å². The van der Waals surface area contributed by atoms with Crippen LogP contribution < -0.4 is 15.5 Å². The van der Waals surface area contributed by atoms with Crippen LogP contribution in [0.4, 0.5) is 15.6 Å². The van der Waals surface area contributed by atoms with E-state index in [-0.39, 0.29) is 12.5 Å². The fraction of sp³-hybridized carbons (Fsp3) is 0.360. The molecule has 5 rings (SSSR count). The second-order valence-electron chi connectivity index (χ2n) is 8.97. The number of carbonyl (C=O) groups excluding carboxylic acids is 3. The molecule has 2 N–H and O–H groups in total. The molecule has 2 aromatic carbocycles. The van der Waals surface area contributed by atoms with Crippen molar-refractivity contribution in [2.24, 2.45) is 0 Å². The number of nitrogens with one attached hydrogen (secondary N) is 2. The molecular weight excluding hydrogens is 466 g/mol. The minimum atomic E-state index is -1.04. The molecule has 182 valence electrons. The molecule has 9 nitrogen and oxygen atoms in total. The molecule has 1 atom stereocenters. The van der Waals surface area contributed by atoms with Crippen molar-refractivity contribution in [3.05, 3.63) is 54.1 Å². The number of hydrogen-bond donors (Lipinski definition) is 2. The van der Waals surface area contributed by atoms with E-state index in [1.165, 1.54) is 0 Å². The molecule has 4 amide bonds. The number of urea groups is 1. The minimum absolute atomic E-state index is 0.342. The molecule has 0 spiro atoms. The number of benzene rings is 2. The van der Waals surface area contributed by atoms with Crippen LogP contribution in [0.1, 0.15) is 18.9 Å². The van der Waals surface area contributed by atoms with Crippen LogP contribution in [0.25, 0.3) is 10.2 Å². The number of hydrogen-bond acceptors (Lipinski definition) is 7. The lowest BCUT2D eigenvalue weighted by Gasteiger charge is -2.25. The van der Waals surface area contributed by atoms with Crippen LogP contribution in [0.3, 0.4) is 0 Å². The highest BCUT2D eigenvalue weighted by Gasteiger charge is 2.47. The van der Waals surface area contributed by atoms with E-state index < -0.39 is 17.5 Å². The number of imide groups is 1. The molecule has 0 saturated carbocycles. The van der Waals surface area contributed by atoms with Crippen LogP contribution in [0.2, 0.25) is 0 Å². The zero-order valence-corrected chi connectivity index (χ0v) is 20.3. The maximum atomic E-state index is 13.0. The Morgan fingerprint density at radius 2 is 1.94 bits per heavy atom. The van der Waals surface area contributed by atoms with Crippen molar-refractivity contribution in [3.8, 4) is 0 Å². The Hall–Kier alpha value is -3.50. The molecule has 0 bridgehead atoms. The lowest BCUT2D eigenvalue weighted by molar-refractivity contribution is -0.133. The average Bonchev–Trinajstić information content (AvgIpc) is 3.38. The number of aryl methyl sites for hydroxylation is 1. The van der Waals surface area contributed by atoms with Gasteiger partial charge in [-0.3, -0.25) is 14.5 Å². The maximum Gasteiger partial charge on any atom is 0.325 e. The van der Waals surface area contributed by atoms with Crippen LogP contribution in [-0.2, 0) is 20.7 Å². The van der Waals surface area contributed by atoms with E-state index >= 15 is 0 Å². The molecule has 0 unspecified atom stereocenters. The van der Waals surface area contributed by atoms with Gasteiger partial charge in [0.1, 0.15) is 12.1 Å². The Balaban J connectivity index is 1.21. The largest absolute Gasteiger partial charge is 0.378 e. The number of thiazole rings is 1. The zero-order chi connectivity index (χ0) is 24.4. The number of morpholine rings is 1. The number of fused-ring (bicyclic) bond motifs is 1. The van der Waals surface area contributed by atoms with Crippen molar-refractivity contribution in [2.45, 2.75) is 25.3 Å². The van der Waals surface area contributed by atoms with E-state index in [1.54, 1.807) is 24.3 Å². The molecule has 35 heavy (non-hydrogen) atoms. The standard InChI is InChI=1S/C25H27N5O4S/c1-25(10-9-17-5-3-2-4-6-17)22(32)30(23(33)28-25)16-21(31)26-18-7-8-19-20(15-18)35-24(27-19)29-11-13-34-14-12-29/h2-8,15H,9-14,16H2,1H3,(H,26,31)(H,28,33)/t25-/m1/s1. The molecule has 0 aliphatic carbocycles. The SMILES string of the molecule is C[C@]1(CCc2ccccc2)NC(=O)N(CC(=O)Nc2ccc3nc(N4CCOCC4)sc3c2)C1=O. The van der Waals surface area contributed by atoms with E-state index in [1.807, 2.05) is 42.5 Å². The highest BCUT2D eigenvalue weighted by Crippen LogP contribution is 2.31. The van der Waals surface area contributed by atoms with Gasteiger partial charge in [-0.1, -0.05) is 41.7 Å². The van der Waals surface area contributed by atoms with Crippen molar-refractivity contribution in [3.63, 3.8) is 0 Å². The van der Waals surface area contributed by atoms with Gasteiger partial charge in [0.05, 0.1) is 23.4 Å². The Kier molecular flexibility index (Phi) is 6.40. The molecule has 3 heterocycles. The van der Waals surface area contributed by atoms with Crippen molar-refractivity contribution < 1.29 is 19.1 Å². The summed E-state index contributed by atoms with van der Waals surface area (Å²) in [6.07, 6.45) is 1.10. The Labute approximate surface area is 207 Å². The predicted octanol–water partition coefficient (Wildman–Crippen LogP) is 3.01. The van der Waals surface area contributed by atoms with E-state index in [0.717, 1.165) is 38.9 Å². The first kappa shape index (κ1) is 23.3. The van der Waals surface area contributed by atoms with Crippen LogP contribution in [0.15, 0.2) is 48.5 Å². The minimum Gasteiger partial charge on any atom is -0.378 e. The first-order chi connectivity index (χ1) is 16.9. The topological polar surface area (TPSA) is 104 Å². The Morgan fingerprint density at radius 1 is 1.17 bits per heavy atom. The third kappa shape index (κ3) is 4.98.